The number of rotatable bonds is 7. The molecule has 6 heteroatoms. The van der Waals surface area contributed by atoms with Crippen molar-refractivity contribution in [2.24, 2.45) is 5.92 Å². The highest BCUT2D eigenvalue weighted by molar-refractivity contribution is 7.89. The third-order valence-electron chi connectivity index (χ3n) is 3.24. The summed E-state index contributed by atoms with van der Waals surface area (Å²) in [4.78, 5) is 3.19. The van der Waals surface area contributed by atoms with Gasteiger partial charge in [0.1, 0.15) is 5.75 Å². The quantitative estimate of drug-likeness (QED) is 0.824. The van der Waals surface area contributed by atoms with Crippen LogP contribution in [0.15, 0.2) is 24.4 Å². The van der Waals surface area contributed by atoms with Gasteiger partial charge in [-0.2, -0.15) is 0 Å². The summed E-state index contributed by atoms with van der Waals surface area (Å²) in [6, 6.07) is 5.82. The smallest absolute Gasteiger partial charge is 0.211 e. The van der Waals surface area contributed by atoms with Gasteiger partial charge in [-0.1, -0.05) is 13.8 Å². The van der Waals surface area contributed by atoms with Crippen molar-refractivity contribution in [1.82, 2.24) is 9.71 Å². The first kappa shape index (κ1) is 15.9. The maximum absolute atomic E-state index is 11.8. The largest absolute Gasteiger partial charge is 0.497 e. The van der Waals surface area contributed by atoms with Crippen molar-refractivity contribution >= 4 is 20.9 Å². The predicted octanol–water partition coefficient (Wildman–Crippen LogP) is 2.29. The predicted molar refractivity (Wildman–Crippen MR) is 85.2 cm³/mol. The SMILES string of the molecule is COc1ccc2[nH]cc(CCNS(=O)(=O)CC(C)C)c2c1. The number of nitrogens with one attached hydrogen (secondary N) is 2. The van der Waals surface area contributed by atoms with Crippen LogP contribution in [0, 0.1) is 5.92 Å². The number of hydrogen-bond acceptors (Lipinski definition) is 3. The van der Waals surface area contributed by atoms with Crippen LogP contribution in [0.25, 0.3) is 10.9 Å². The molecular weight excluding hydrogens is 288 g/mol. The van der Waals surface area contributed by atoms with Crippen LogP contribution >= 0.6 is 0 Å². The molecule has 0 unspecified atom stereocenters. The zero-order chi connectivity index (χ0) is 15.5. The highest BCUT2D eigenvalue weighted by Crippen LogP contribution is 2.23. The lowest BCUT2D eigenvalue weighted by atomic mass is 10.1. The Morgan fingerprint density at radius 2 is 2.10 bits per heavy atom. The monoisotopic (exact) mass is 310 g/mol. The van der Waals surface area contributed by atoms with Gasteiger partial charge in [-0.05, 0) is 36.1 Å². The molecule has 21 heavy (non-hydrogen) atoms. The number of sulfonamides is 1. The summed E-state index contributed by atoms with van der Waals surface area (Å²) in [5.74, 6) is 1.08. The number of aromatic nitrogens is 1. The number of aromatic amines is 1. The van der Waals surface area contributed by atoms with Crippen LogP contribution in [0.4, 0.5) is 0 Å². The van der Waals surface area contributed by atoms with Crippen molar-refractivity contribution in [3.05, 3.63) is 30.0 Å². The van der Waals surface area contributed by atoms with Crippen LogP contribution in [0.2, 0.25) is 0 Å². The van der Waals surface area contributed by atoms with Crippen molar-refractivity contribution in [2.75, 3.05) is 19.4 Å². The van der Waals surface area contributed by atoms with Crippen LogP contribution in [0.3, 0.4) is 0 Å². The van der Waals surface area contributed by atoms with E-state index in [1.165, 1.54) is 0 Å². The van der Waals surface area contributed by atoms with Crippen LogP contribution in [0.5, 0.6) is 5.75 Å². The van der Waals surface area contributed by atoms with Gasteiger partial charge in [-0.15, -0.1) is 0 Å². The van der Waals surface area contributed by atoms with E-state index in [1.54, 1.807) is 7.11 Å². The summed E-state index contributed by atoms with van der Waals surface area (Å²) in [5, 5.41) is 1.07. The maximum Gasteiger partial charge on any atom is 0.211 e. The molecule has 0 saturated heterocycles. The standard InChI is InChI=1S/C15H22N2O3S/c1-11(2)10-21(18,19)17-7-6-12-9-16-15-5-4-13(20-3)8-14(12)15/h4-5,8-9,11,16-17H,6-7,10H2,1-3H3. The number of fused-ring (bicyclic) bond motifs is 1. The molecular formula is C15H22N2O3S. The molecule has 2 N–H and O–H groups in total. The lowest BCUT2D eigenvalue weighted by Crippen LogP contribution is -2.30. The van der Waals surface area contributed by atoms with Crippen LogP contribution in [-0.4, -0.2) is 32.8 Å². The van der Waals surface area contributed by atoms with Crippen molar-refractivity contribution in [3.63, 3.8) is 0 Å². The molecule has 0 bridgehead atoms. The van der Waals surface area contributed by atoms with Crippen molar-refractivity contribution < 1.29 is 13.2 Å². The minimum atomic E-state index is -3.19. The lowest BCUT2D eigenvalue weighted by molar-refractivity contribution is 0.415. The Bertz CT molecular complexity index is 705. The molecule has 0 aliphatic heterocycles. The van der Waals surface area contributed by atoms with E-state index in [0.29, 0.717) is 13.0 Å². The van der Waals surface area contributed by atoms with Gasteiger partial charge in [0, 0.05) is 23.6 Å². The third kappa shape index (κ3) is 4.22. The van der Waals surface area contributed by atoms with Crippen LogP contribution in [0.1, 0.15) is 19.4 Å². The minimum Gasteiger partial charge on any atom is -0.497 e. The molecule has 5 nitrogen and oxygen atoms in total. The molecule has 0 saturated carbocycles. The average molecular weight is 310 g/mol. The van der Waals surface area contributed by atoms with Gasteiger partial charge in [0.15, 0.2) is 0 Å². The Labute approximate surface area is 125 Å². The van der Waals surface area contributed by atoms with E-state index in [2.05, 4.69) is 9.71 Å². The third-order valence-corrected chi connectivity index (χ3v) is 4.99. The molecule has 0 atom stereocenters. The van der Waals surface area contributed by atoms with Gasteiger partial charge >= 0.3 is 0 Å². The molecule has 2 rings (SSSR count). The fourth-order valence-electron chi connectivity index (χ4n) is 2.33. The highest BCUT2D eigenvalue weighted by Gasteiger charge is 2.12. The number of hydrogen-bond donors (Lipinski definition) is 2. The second-order valence-corrected chi connectivity index (χ2v) is 7.40. The zero-order valence-electron chi connectivity index (χ0n) is 12.6. The summed E-state index contributed by atoms with van der Waals surface area (Å²) in [6.45, 7) is 4.19. The molecule has 1 aromatic carbocycles. The summed E-state index contributed by atoms with van der Waals surface area (Å²) < 4.78 is 31.5. The Kier molecular flexibility index (Phi) is 4.90. The first-order chi connectivity index (χ1) is 9.91. The molecule has 0 aliphatic carbocycles. The summed E-state index contributed by atoms with van der Waals surface area (Å²) in [5.41, 5.74) is 2.10. The van der Waals surface area contributed by atoms with E-state index >= 15 is 0 Å². The first-order valence-electron chi connectivity index (χ1n) is 7.02. The van der Waals surface area contributed by atoms with Gasteiger partial charge in [0.2, 0.25) is 10.0 Å². The highest BCUT2D eigenvalue weighted by atomic mass is 32.2. The number of ether oxygens (including phenoxy) is 1. The van der Waals surface area contributed by atoms with E-state index in [-0.39, 0.29) is 11.7 Å². The second-order valence-electron chi connectivity index (χ2n) is 5.55. The number of benzene rings is 1. The van der Waals surface area contributed by atoms with Gasteiger partial charge < -0.3 is 9.72 Å². The fourth-order valence-corrected chi connectivity index (χ4v) is 3.74. The van der Waals surface area contributed by atoms with E-state index in [4.69, 9.17) is 4.74 Å². The van der Waals surface area contributed by atoms with E-state index in [0.717, 1.165) is 22.2 Å². The maximum atomic E-state index is 11.8. The normalized spacial score (nSPS) is 12.2. The van der Waals surface area contributed by atoms with Crippen LogP contribution in [-0.2, 0) is 16.4 Å². The minimum absolute atomic E-state index is 0.125. The molecule has 0 radical (unpaired) electrons. The molecule has 0 spiro atoms. The lowest BCUT2D eigenvalue weighted by Gasteiger charge is -2.08. The number of methoxy groups -OCH3 is 1. The Morgan fingerprint density at radius 3 is 2.76 bits per heavy atom. The topological polar surface area (TPSA) is 71.2 Å². The molecule has 1 aromatic heterocycles. The molecule has 116 valence electrons. The number of H-pyrrole nitrogens is 1. The molecule has 0 fully saturated rings. The van der Waals surface area contributed by atoms with Gasteiger partial charge in [-0.3, -0.25) is 0 Å². The summed E-state index contributed by atoms with van der Waals surface area (Å²) in [6.07, 6.45) is 2.56. The summed E-state index contributed by atoms with van der Waals surface area (Å²) in [7, 11) is -1.55. The molecule has 0 amide bonds. The van der Waals surface area contributed by atoms with Gasteiger partial charge in [0.25, 0.3) is 0 Å². The van der Waals surface area contributed by atoms with E-state index in [1.807, 2.05) is 38.2 Å². The Balaban J connectivity index is 2.04. The van der Waals surface area contributed by atoms with E-state index in [9.17, 15) is 8.42 Å². The van der Waals surface area contributed by atoms with Crippen molar-refractivity contribution in [3.8, 4) is 5.75 Å². The Hall–Kier alpha value is -1.53. The second kappa shape index (κ2) is 6.49. The average Bonchev–Trinajstić information content (AvgIpc) is 2.79. The van der Waals surface area contributed by atoms with Crippen molar-refractivity contribution in [2.45, 2.75) is 20.3 Å². The molecule has 2 aromatic rings. The molecule has 1 heterocycles. The zero-order valence-corrected chi connectivity index (χ0v) is 13.5. The van der Waals surface area contributed by atoms with E-state index < -0.39 is 10.0 Å². The molecule has 0 aliphatic rings. The fraction of sp³-hybridized carbons (Fsp3) is 0.467. The first-order valence-corrected chi connectivity index (χ1v) is 8.68. The Morgan fingerprint density at radius 1 is 1.33 bits per heavy atom. The van der Waals surface area contributed by atoms with Gasteiger partial charge in [0.05, 0.1) is 12.9 Å². The van der Waals surface area contributed by atoms with Crippen molar-refractivity contribution in [1.29, 1.82) is 0 Å². The summed E-state index contributed by atoms with van der Waals surface area (Å²) >= 11 is 0. The van der Waals surface area contributed by atoms with Crippen LogP contribution < -0.4 is 9.46 Å². The van der Waals surface area contributed by atoms with Gasteiger partial charge in [-0.25, -0.2) is 13.1 Å².